The van der Waals surface area contributed by atoms with Crippen molar-refractivity contribution >= 4 is 10.0 Å². The second kappa shape index (κ2) is 3.73. The number of hydrazine groups is 1. The highest BCUT2D eigenvalue weighted by atomic mass is 32.2. The van der Waals surface area contributed by atoms with Gasteiger partial charge >= 0.3 is 0 Å². The SMILES string of the molecule is COc1ccccc1S(=O)(=O)NN. The van der Waals surface area contributed by atoms with Gasteiger partial charge in [0, 0.05) is 0 Å². The lowest BCUT2D eigenvalue weighted by Crippen LogP contribution is -2.30. The van der Waals surface area contributed by atoms with E-state index < -0.39 is 10.0 Å². The summed E-state index contributed by atoms with van der Waals surface area (Å²) in [5, 5.41) is 0. The van der Waals surface area contributed by atoms with Gasteiger partial charge in [-0.15, -0.1) is 4.83 Å². The molecule has 0 radical (unpaired) electrons. The molecule has 0 aliphatic heterocycles. The number of para-hydroxylation sites is 1. The van der Waals surface area contributed by atoms with Crippen molar-refractivity contribution in [3.8, 4) is 5.75 Å². The highest BCUT2D eigenvalue weighted by Gasteiger charge is 2.16. The van der Waals surface area contributed by atoms with Crippen LogP contribution in [0.2, 0.25) is 0 Å². The first-order valence-corrected chi connectivity index (χ1v) is 4.95. The molecule has 0 atom stereocenters. The van der Waals surface area contributed by atoms with Gasteiger partial charge in [-0.3, -0.25) is 5.84 Å². The summed E-state index contributed by atoms with van der Waals surface area (Å²) in [5.41, 5.74) is 0. The molecule has 0 aromatic heterocycles. The summed E-state index contributed by atoms with van der Waals surface area (Å²) in [6.45, 7) is 0. The van der Waals surface area contributed by atoms with Crippen molar-refractivity contribution in [3.63, 3.8) is 0 Å². The Balaban J connectivity index is 3.29. The van der Waals surface area contributed by atoms with Crippen LogP contribution >= 0.6 is 0 Å². The summed E-state index contributed by atoms with van der Waals surface area (Å²) >= 11 is 0. The molecule has 0 fully saturated rings. The van der Waals surface area contributed by atoms with Crippen molar-refractivity contribution in [3.05, 3.63) is 24.3 Å². The zero-order chi connectivity index (χ0) is 9.90. The third kappa shape index (κ3) is 1.97. The lowest BCUT2D eigenvalue weighted by molar-refractivity contribution is 0.402. The van der Waals surface area contributed by atoms with E-state index in [0.717, 1.165) is 0 Å². The standard InChI is InChI=1S/C7H10N2O3S/c1-12-6-4-2-3-5-7(6)13(10,11)9-8/h2-5,9H,8H2,1H3. The zero-order valence-corrected chi connectivity index (χ0v) is 7.84. The van der Waals surface area contributed by atoms with Crippen LogP contribution in [-0.4, -0.2) is 15.5 Å². The van der Waals surface area contributed by atoms with Gasteiger partial charge in [-0.05, 0) is 12.1 Å². The van der Waals surface area contributed by atoms with Crippen molar-refractivity contribution in [1.29, 1.82) is 0 Å². The molecule has 6 heteroatoms. The molecule has 0 spiro atoms. The van der Waals surface area contributed by atoms with Crippen LogP contribution in [0.15, 0.2) is 29.2 Å². The van der Waals surface area contributed by atoms with Crippen molar-refractivity contribution in [1.82, 2.24) is 4.83 Å². The fourth-order valence-corrected chi connectivity index (χ4v) is 1.71. The summed E-state index contributed by atoms with van der Waals surface area (Å²) < 4.78 is 27.4. The molecule has 0 bridgehead atoms. The van der Waals surface area contributed by atoms with Gasteiger partial charge in [-0.1, -0.05) is 12.1 Å². The highest BCUT2D eigenvalue weighted by molar-refractivity contribution is 7.89. The van der Waals surface area contributed by atoms with E-state index in [4.69, 9.17) is 10.6 Å². The minimum Gasteiger partial charge on any atom is -0.495 e. The number of methoxy groups -OCH3 is 1. The van der Waals surface area contributed by atoms with Crippen molar-refractivity contribution in [2.24, 2.45) is 5.84 Å². The smallest absolute Gasteiger partial charge is 0.256 e. The summed E-state index contributed by atoms with van der Waals surface area (Å²) in [4.78, 5) is 1.75. The second-order valence-corrected chi connectivity index (χ2v) is 3.95. The Morgan fingerprint density at radius 1 is 1.38 bits per heavy atom. The van der Waals surface area contributed by atoms with Crippen LogP contribution in [0.3, 0.4) is 0 Å². The lowest BCUT2D eigenvalue weighted by Gasteiger charge is -2.06. The molecule has 13 heavy (non-hydrogen) atoms. The van der Waals surface area contributed by atoms with E-state index in [-0.39, 0.29) is 10.6 Å². The van der Waals surface area contributed by atoms with Crippen molar-refractivity contribution in [2.75, 3.05) is 7.11 Å². The fourth-order valence-electron chi connectivity index (χ4n) is 0.904. The summed E-state index contributed by atoms with van der Waals surface area (Å²) in [6.07, 6.45) is 0. The van der Waals surface area contributed by atoms with Crippen LogP contribution < -0.4 is 15.4 Å². The average molecular weight is 202 g/mol. The Morgan fingerprint density at radius 3 is 2.54 bits per heavy atom. The van der Waals surface area contributed by atoms with E-state index in [0.29, 0.717) is 0 Å². The first kappa shape index (κ1) is 9.97. The minimum atomic E-state index is -3.64. The first-order chi connectivity index (χ1) is 6.11. The number of benzene rings is 1. The molecule has 72 valence electrons. The molecule has 0 unspecified atom stereocenters. The van der Waals surface area contributed by atoms with Gasteiger partial charge in [0.1, 0.15) is 10.6 Å². The predicted molar refractivity (Wildman–Crippen MR) is 47.5 cm³/mol. The highest BCUT2D eigenvalue weighted by Crippen LogP contribution is 2.21. The van der Waals surface area contributed by atoms with Crippen LogP contribution in [0.25, 0.3) is 0 Å². The molecule has 3 N–H and O–H groups in total. The van der Waals surface area contributed by atoms with Crippen molar-refractivity contribution < 1.29 is 13.2 Å². The molecule has 0 aliphatic carbocycles. The van der Waals surface area contributed by atoms with E-state index in [1.165, 1.54) is 13.2 Å². The Labute approximate surface area is 76.5 Å². The maximum atomic E-state index is 11.3. The third-order valence-electron chi connectivity index (χ3n) is 1.51. The number of nitrogens with one attached hydrogen (secondary N) is 1. The van der Waals surface area contributed by atoms with Gasteiger partial charge in [-0.25, -0.2) is 8.42 Å². The number of ether oxygens (including phenoxy) is 1. The number of rotatable bonds is 3. The largest absolute Gasteiger partial charge is 0.495 e. The van der Waals surface area contributed by atoms with Gasteiger partial charge in [0.15, 0.2) is 0 Å². The summed E-state index contributed by atoms with van der Waals surface area (Å²) in [6, 6.07) is 6.22. The number of hydrogen-bond acceptors (Lipinski definition) is 4. The Morgan fingerprint density at radius 2 is 2.00 bits per heavy atom. The quantitative estimate of drug-likeness (QED) is 0.527. The van der Waals surface area contributed by atoms with Crippen LogP contribution in [-0.2, 0) is 10.0 Å². The average Bonchev–Trinajstić information content (AvgIpc) is 2.18. The first-order valence-electron chi connectivity index (χ1n) is 3.47. The molecular weight excluding hydrogens is 192 g/mol. The van der Waals surface area contributed by atoms with Gasteiger partial charge in [0.05, 0.1) is 7.11 Å². The third-order valence-corrected chi connectivity index (χ3v) is 2.74. The van der Waals surface area contributed by atoms with Crippen molar-refractivity contribution in [2.45, 2.75) is 4.90 Å². The van der Waals surface area contributed by atoms with E-state index >= 15 is 0 Å². The monoisotopic (exact) mass is 202 g/mol. The second-order valence-electron chi connectivity index (χ2n) is 2.27. The number of sulfonamides is 1. The topological polar surface area (TPSA) is 81.4 Å². The molecule has 0 aliphatic rings. The van der Waals surface area contributed by atoms with Crippen LogP contribution in [0.1, 0.15) is 0 Å². The molecule has 5 nitrogen and oxygen atoms in total. The van der Waals surface area contributed by atoms with Gasteiger partial charge in [-0.2, -0.15) is 0 Å². The summed E-state index contributed by atoms with van der Waals surface area (Å²) in [5.74, 6) is 5.13. The number of hydrogen-bond donors (Lipinski definition) is 2. The molecule has 1 aromatic carbocycles. The molecule has 1 rings (SSSR count). The lowest BCUT2D eigenvalue weighted by atomic mass is 10.3. The Kier molecular flexibility index (Phi) is 2.86. The van der Waals surface area contributed by atoms with Crippen LogP contribution in [0.5, 0.6) is 5.75 Å². The van der Waals surface area contributed by atoms with E-state index in [1.807, 2.05) is 0 Å². The maximum absolute atomic E-state index is 11.3. The zero-order valence-electron chi connectivity index (χ0n) is 7.02. The van der Waals surface area contributed by atoms with Crippen LogP contribution in [0.4, 0.5) is 0 Å². The molecule has 1 aromatic rings. The van der Waals surface area contributed by atoms with E-state index in [2.05, 4.69) is 0 Å². The maximum Gasteiger partial charge on any atom is 0.256 e. The molecule has 0 saturated heterocycles. The van der Waals surface area contributed by atoms with Gasteiger partial charge in [0.2, 0.25) is 0 Å². The van der Waals surface area contributed by atoms with E-state index in [9.17, 15) is 8.42 Å². The molecular formula is C7H10N2O3S. The summed E-state index contributed by atoms with van der Waals surface area (Å²) in [7, 11) is -2.24. The fraction of sp³-hybridized carbons (Fsp3) is 0.143. The van der Waals surface area contributed by atoms with Crippen LogP contribution in [0, 0.1) is 0 Å². The Hall–Kier alpha value is -1.11. The van der Waals surface area contributed by atoms with Gasteiger partial charge in [0.25, 0.3) is 10.0 Å². The molecule has 0 amide bonds. The number of nitrogens with two attached hydrogens (primary N) is 1. The minimum absolute atomic E-state index is 0.0278. The van der Waals surface area contributed by atoms with E-state index in [1.54, 1.807) is 23.0 Å². The Bertz CT molecular complexity index is 388. The molecule has 0 heterocycles. The van der Waals surface area contributed by atoms with Gasteiger partial charge < -0.3 is 4.74 Å². The molecule has 0 saturated carbocycles. The predicted octanol–water partition coefficient (Wildman–Crippen LogP) is -0.153. The normalized spacial score (nSPS) is 11.2.